The molecule has 2 amide bonds. The number of rotatable bonds is 11. The van der Waals surface area contributed by atoms with E-state index in [0.29, 0.717) is 11.1 Å². The van der Waals surface area contributed by atoms with E-state index in [1.165, 1.54) is 19.2 Å². The Morgan fingerprint density at radius 2 is 1.59 bits per heavy atom. The predicted octanol–water partition coefficient (Wildman–Crippen LogP) is 2.25. The number of nitro benzene ring substituents is 1. The zero-order valence-corrected chi connectivity index (χ0v) is 19.7. The summed E-state index contributed by atoms with van der Waals surface area (Å²) in [6.07, 6.45) is -2.21. The number of aliphatic carboxylic acids is 1. The highest BCUT2D eigenvalue weighted by atomic mass is 16.6. The van der Waals surface area contributed by atoms with Gasteiger partial charge >= 0.3 is 5.97 Å². The predicted molar refractivity (Wildman–Crippen MR) is 132 cm³/mol. The lowest BCUT2D eigenvalue weighted by molar-refractivity contribution is -0.384. The normalized spacial score (nSPS) is 13.0. The van der Waals surface area contributed by atoms with E-state index in [2.05, 4.69) is 10.6 Å². The molecular formula is C26H25N3O8. The molecule has 3 aromatic rings. The minimum atomic E-state index is -1.86. The van der Waals surface area contributed by atoms with Crippen molar-refractivity contribution >= 4 is 23.5 Å². The number of carboxylic acid groups (broad SMARTS) is 1. The molecule has 192 valence electrons. The van der Waals surface area contributed by atoms with Crippen molar-refractivity contribution in [2.75, 3.05) is 7.11 Å². The fourth-order valence-electron chi connectivity index (χ4n) is 3.69. The third kappa shape index (κ3) is 6.89. The maximum Gasteiger partial charge on any atom is 0.326 e. The highest BCUT2D eigenvalue weighted by Crippen LogP contribution is 2.25. The Labute approximate surface area is 211 Å². The molecule has 0 saturated heterocycles. The average molecular weight is 507 g/mol. The Bertz CT molecular complexity index is 1270. The summed E-state index contributed by atoms with van der Waals surface area (Å²) in [5.41, 5.74) is 0.619. The Morgan fingerprint density at radius 3 is 2.16 bits per heavy atom. The van der Waals surface area contributed by atoms with E-state index in [-0.39, 0.29) is 23.4 Å². The lowest BCUT2D eigenvalue weighted by atomic mass is 9.99. The number of nitrogens with zero attached hydrogens (tertiary/aromatic N) is 1. The summed E-state index contributed by atoms with van der Waals surface area (Å²) < 4.78 is 5.17. The van der Waals surface area contributed by atoms with Crippen LogP contribution in [0.1, 0.15) is 27.5 Å². The fourth-order valence-corrected chi connectivity index (χ4v) is 3.69. The van der Waals surface area contributed by atoms with Crippen LogP contribution in [0.5, 0.6) is 5.75 Å². The second-order valence-electron chi connectivity index (χ2n) is 8.03. The van der Waals surface area contributed by atoms with E-state index in [4.69, 9.17) is 4.74 Å². The van der Waals surface area contributed by atoms with Gasteiger partial charge in [-0.25, -0.2) is 4.79 Å². The van der Waals surface area contributed by atoms with Crippen LogP contribution in [0, 0.1) is 10.1 Å². The molecule has 3 aromatic carbocycles. The average Bonchev–Trinajstić information content (AvgIpc) is 2.91. The number of aliphatic hydroxyl groups is 1. The van der Waals surface area contributed by atoms with Crippen molar-refractivity contribution in [1.29, 1.82) is 0 Å². The zero-order chi connectivity index (χ0) is 26.9. The summed E-state index contributed by atoms with van der Waals surface area (Å²) in [6.45, 7) is 0. The Hall–Kier alpha value is -4.77. The third-order valence-corrected chi connectivity index (χ3v) is 5.58. The number of nitrogens with one attached hydrogen (secondary N) is 2. The highest BCUT2D eigenvalue weighted by molar-refractivity contribution is 5.95. The number of benzene rings is 3. The van der Waals surface area contributed by atoms with Crippen LogP contribution in [0.25, 0.3) is 0 Å². The van der Waals surface area contributed by atoms with Gasteiger partial charge in [-0.15, -0.1) is 0 Å². The summed E-state index contributed by atoms with van der Waals surface area (Å²) in [5.74, 6) is -2.83. The van der Waals surface area contributed by atoms with E-state index in [0.717, 1.165) is 6.07 Å². The summed E-state index contributed by atoms with van der Waals surface area (Å²) in [4.78, 5) is 48.2. The van der Waals surface area contributed by atoms with Gasteiger partial charge in [0.15, 0.2) is 6.10 Å². The lowest BCUT2D eigenvalue weighted by Gasteiger charge is -2.25. The van der Waals surface area contributed by atoms with E-state index in [1.807, 2.05) is 0 Å². The van der Waals surface area contributed by atoms with Crippen LogP contribution in [0.2, 0.25) is 0 Å². The molecule has 37 heavy (non-hydrogen) atoms. The second kappa shape index (κ2) is 12.3. The summed E-state index contributed by atoms with van der Waals surface area (Å²) in [6, 6.07) is 17.4. The molecule has 3 atom stereocenters. The van der Waals surface area contributed by atoms with E-state index >= 15 is 0 Å². The quantitative estimate of drug-likeness (QED) is 0.226. The molecule has 0 bridgehead atoms. The van der Waals surface area contributed by atoms with Gasteiger partial charge in [0.25, 0.3) is 17.5 Å². The number of amides is 2. The van der Waals surface area contributed by atoms with Crippen molar-refractivity contribution < 1.29 is 34.3 Å². The second-order valence-corrected chi connectivity index (χ2v) is 8.03. The van der Waals surface area contributed by atoms with Crippen molar-refractivity contribution in [3.05, 3.63) is 106 Å². The van der Waals surface area contributed by atoms with Crippen LogP contribution >= 0.6 is 0 Å². The number of hydrogen-bond acceptors (Lipinski definition) is 7. The van der Waals surface area contributed by atoms with Crippen LogP contribution in [0.15, 0.2) is 78.9 Å². The van der Waals surface area contributed by atoms with Gasteiger partial charge in [-0.1, -0.05) is 48.5 Å². The molecule has 0 aliphatic rings. The number of hydrogen-bond donors (Lipinski definition) is 4. The van der Waals surface area contributed by atoms with Crippen molar-refractivity contribution in [2.45, 2.75) is 24.6 Å². The molecule has 11 nitrogen and oxygen atoms in total. The number of methoxy groups -OCH3 is 1. The van der Waals surface area contributed by atoms with Gasteiger partial charge in [-0.3, -0.25) is 19.7 Å². The molecule has 0 spiro atoms. The molecule has 0 aliphatic heterocycles. The maximum absolute atomic E-state index is 13.0. The summed E-state index contributed by atoms with van der Waals surface area (Å²) >= 11 is 0. The summed E-state index contributed by atoms with van der Waals surface area (Å²) in [5, 5.41) is 36.7. The van der Waals surface area contributed by atoms with Gasteiger partial charge in [0.2, 0.25) is 0 Å². The van der Waals surface area contributed by atoms with Crippen molar-refractivity contribution in [3.63, 3.8) is 0 Å². The number of nitro groups is 1. The van der Waals surface area contributed by atoms with Gasteiger partial charge in [0.1, 0.15) is 11.8 Å². The fraction of sp³-hybridized carbons (Fsp3) is 0.192. The maximum atomic E-state index is 13.0. The number of carbonyl (C=O) groups excluding carboxylic acids is 2. The number of carbonyl (C=O) groups is 3. The van der Waals surface area contributed by atoms with E-state index in [9.17, 15) is 34.7 Å². The van der Waals surface area contributed by atoms with Crippen molar-refractivity contribution in [3.8, 4) is 5.75 Å². The Balaban J connectivity index is 1.83. The van der Waals surface area contributed by atoms with E-state index in [1.54, 1.807) is 60.7 Å². The molecule has 0 aliphatic carbocycles. The molecule has 0 fully saturated rings. The third-order valence-electron chi connectivity index (χ3n) is 5.58. The molecule has 11 heteroatoms. The minimum absolute atomic E-state index is 0.177. The van der Waals surface area contributed by atoms with Gasteiger partial charge in [-0.05, 0) is 23.8 Å². The molecule has 3 rings (SSSR count). The highest BCUT2D eigenvalue weighted by Gasteiger charge is 2.32. The first kappa shape index (κ1) is 26.8. The molecule has 4 N–H and O–H groups in total. The van der Waals surface area contributed by atoms with Gasteiger partial charge in [0.05, 0.1) is 18.1 Å². The Kier molecular flexibility index (Phi) is 8.90. The van der Waals surface area contributed by atoms with E-state index < -0.39 is 40.9 Å². The molecule has 0 saturated carbocycles. The molecule has 0 radical (unpaired) electrons. The van der Waals surface area contributed by atoms with Gasteiger partial charge < -0.3 is 25.6 Å². The number of ether oxygens (including phenoxy) is 1. The molecule has 0 heterocycles. The first-order valence-electron chi connectivity index (χ1n) is 11.1. The van der Waals surface area contributed by atoms with Crippen LogP contribution in [0.3, 0.4) is 0 Å². The van der Waals surface area contributed by atoms with Gasteiger partial charge in [0, 0.05) is 29.7 Å². The number of non-ortho nitro benzene ring substituents is 1. The van der Waals surface area contributed by atoms with Crippen molar-refractivity contribution in [2.24, 2.45) is 0 Å². The first-order valence-corrected chi connectivity index (χ1v) is 11.1. The SMILES string of the molecule is COc1ccc([N+](=O)[O-])cc1C[C@H](NC(=O)[C@H](O)[C@@H](NC(=O)c1ccccc1)c1ccccc1)C(=O)O. The minimum Gasteiger partial charge on any atom is -0.496 e. The number of aliphatic hydroxyl groups excluding tert-OH is 1. The molecule has 0 aromatic heterocycles. The lowest BCUT2D eigenvalue weighted by Crippen LogP contribution is -2.50. The topological polar surface area (TPSA) is 168 Å². The van der Waals surface area contributed by atoms with Crippen LogP contribution in [-0.4, -0.2) is 52.2 Å². The molecule has 0 unspecified atom stereocenters. The largest absolute Gasteiger partial charge is 0.496 e. The van der Waals surface area contributed by atoms with Crippen LogP contribution in [0.4, 0.5) is 5.69 Å². The smallest absolute Gasteiger partial charge is 0.326 e. The van der Waals surface area contributed by atoms with Gasteiger partial charge in [-0.2, -0.15) is 0 Å². The standard InChI is InChI=1S/C26H25N3O8/c1-37-21-13-12-19(29(35)36)14-18(21)15-20(26(33)34)27-25(32)23(30)22(16-8-4-2-5-9-16)28-24(31)17-10-6-3-7-11-17/h2-14,20,22-23,30H,15H2,1H3,(H,27,32)(H,28,31)(H,33,34)/t20-,22-,23+/m0/s1. The number of carboxylic acids is 1. The Morgan fingerprint density at radius 1 is 0.973 bits per heavy atom. The molecular weight excluding hydrogens is 482 g/mol. The monoisotopic (exact) mass is 507 g/mol. The van der Waals surface area contributed by atoms with Crippen LogP contribution < -0.4 is 15.4 Å². The zero-order valence-electron chi connectivity index (χ0n) is 19.7. The first-order chi connectivity index (χ1) is 17.7. The van der Waals surface area contributed by atoms with Crippen LogP contribution in [-0.2, 0) is 16.0 Å². The summed E-state index contributed by atoms with van der Waals surface area (Å²) in [7, 11) is 1.32. The van der Waals surface area contributed by atoms with Crippen molar-refractivity contribution in [1.82, 2.24) is 10.6 Å².